The van der Waals surface area contributed by atoms with Gasteiger partial charge in [-0.3, -0.25) is 0 Å². The second kappa shape index (κ2) is 15.0. The van der Waals surface area contributed by atoms with Gasteiger partial charge in [-0.1, -0.05) is 180 Å². The molecule has 0 fully saturated rings. The molecule has 0 bridgehead atoms. The molecule has 0 saturated heterocycles. The van der Waals surface area contributed by atoms with E-state index >= 15 is 0 Å². The highest BCUT2D eigenvalue weighted by molar-refractivity contribution is 6.99. The van der Waals surface area contributed by atoms with E-state index in [1.807, 2.05) is 0 Å². The zero-order chi connectivity index (χ0) is 40.1. The minimum absolute atomic E-state index is 0.0424. The van der Waals surface area contributed by atoms with Crippen molar-refractivity contribution < 1.29 is 4.74 Å². The number of hydrogen-bond donors (Lipinski definition) is 0. The number of anilines is 3. The first-order valence-corrected chi connectivity index (χ1v) is 21.2. The zero-order valence-electron chi connectivity index (χ0n) is 34.4. The van der Waals surface area contributed by atoms with E-state index in [1.54, 1.807) is 0 Å². The number of ether oxygens (including phenoxy) is 1. The number of nitrogens with zero attached hydrogens (tertiary/aromatic N) is 1. The van der Waals surface area contributed by atoms with Crippen molar-refractivity contribution >= 4 is 40.2 Å². The molecule has 0 atom stereocenters. The summed E-state index contributed by atoms with van der Waals surface area (Å²) in [6.07, 6.45) is 3.16. The van der Waals surface area contributed by atoms with Crippen LogP contribution in [0.25, 0.3) is 44.5 Å². The fourth-order valence-corrected chi connectivity index (χ4v) is 9.20. The monoisotopic (exact) mass is 761 g/mol. The Morgan fingerprint density at radius 2 is 1.05 bits per heavy atom. The summed E-state index contributed by atoms with van der Waals surface area (Å²) in [5, 5.41) is 0. The molecular formula is C56H48BNO. The molecule has 59 heavy (non-hydrogen) atoms. The second-order valence-corrected chi connectivity index (χ2v) is 17.2. The van der Waals surface area contributed by atoms with Crippen LogP contribution in [0.4, 0.5) is 17.1 Å². The summed E-state index contributed by atoms with van der Waals surface area (Å²) in [6.45, 7) is 9.19. The van der Waals surface area contributed by atoms with Crippen LogP contribution in [-0.4, -0.2) is 6.71 Å². The summed E-state index contributed by atoms with van der Waals surface area (Å²) in [4.78, 5) is 2.62. The minimum Gasteiger partial charge on any atom is -0.458 e. The van der Waals surface area contributed by atoms with Crippen molar-refractivity contribution in [1.29, 1.82) is 0 Å². The SMILES string of the molecule is CCCCc1cc(-c2ccccc2)cc(-c2ccccc2)c1N1c2ccc(-c3ccccc3)cc2B2c3cc(-c4ccccc4)ccc3Oc3cc(C(C)(C)C)cc1c32. The van der Waals surface area contributed by atoms with Crippen LogP contribution in [0.2, 0.25) is 0 Å². The standard InChI is InChI=1S/C56H48BNO/c1-5-6-19-44-32-45(40-24-15-9-16-25-40)33-47(41-26-17-10-18-27-41)55(44)58-50-30-28-42(38-20-11-7-12-21-38)34-48(50)57-49-35-43(39-22-13-8-14-23-39)29-31-52(49)59-53-37-46(56(2,3)4)36-51(58)54(53)57/h7-18,20-37H,5-6,19H2,1-4H3. The molecule has 3 heteroatoms. The lowest BCUT2D eigenvalue weighted by atomic mass is 9.34. The quantitative estimate of drug-likeness (QED) is 0.143. The van der Waals surface area contributed by atoms with Gasteiger partial charge in [-0.2, -0.15) is 0 Å². The molecule has 8 aromatic carbocycles. The first-order chi connectivity index (χ1) is 28.9. The Balaban J connectivity index is 1.31. The van der Waals surface area contributed by atoms with Crippen molar-refractivity contribution in [2.45, 2.75) is 52.4 Å². The molecule has 2 nitrogen and oxygen atoms in total. The Morgan fingerprint density at radius 3 is 1.64 bits per heavy atom. The first kappa shape index (κ1) is 36.7. The molecular weight excluding hydrogens is 713 g/mol. The average Bonchev–Trinajstić information content (AvgIpc) is 3.28. The summed E-state index contributed by atoms with van der Waals surface area (Å²) in [6, 6.07) is 67.1. The Kier molecular flexibility index (Phi) is 9.33. The van der Waals surface area contributed by atoms with Crippen LogP contribution in [0, 0.1) is 0 Å². The van der Waals surface area contributed by atoms with E-state index in [0.29, 0.717) is 0 Å². The van der Waals surface area contributed by atoms with Crippen LogP contribution in [0.5, 0.6) is 11.5 Å². The van der Waals surface area contributed by atoms with Crippen LogP contribution < -0.4 is 26.0 Å². The predicted octanol–water partition coefficient (Wildman–Crippen LogP) is 13.4. The Hall–Kier alpha value is -6.58. The van der Waals surface area contributed by atoms with Gasteiger partial charge in [0.05, 0.1) is 5.69 Å². The van der Waals surface area contributed by atoms with Crippen LogP contribution >= 0.6 is 0 Å². The summed E-state index contributed by atoms with van der Waals surface area (Å²) < 4.78 is 7.13. The summed E-state index contributed by atoms with van der Waals surface area (Å²) in [5.41, 5.74) is 19.5. The maximum Gasteiger partial charge on any atom is 0.256 e. The van der Waals surface area contributed by atoms with E-state index < -0.39 is 0 Å². The fraction of sp³-hybridized carbons (Fsp3) is 0.143. The minimum atomic E-state index is -0.116. The smallest absolute Gasteiger partial charge is 0.256 e. The van der Waals surface area contributed by atoms with Crippen molar-refractivity contribution in [3.8, 4) is 56.0 Å². The highest BCUT2D eigenvalue weighted by atomic mass is 16.5. The molecule has 0 unspecified atom stereocenters. The Labute approximate surface area is 349 Å². The second-order valence-electron chi connectivity index (χ2n) is 17.2. The number of benzene rings is 8. The van der Waals surface area contributed by atoms with Gasteiger partial charge in [0.15, 0.2) is 0 Å². The lowest BCUT2D eigenvalue weighted by molar-refractivity contribution is 0.483. The van der Waals surface area contributed by atoms with Gasteiger partial charge in [-0.15, -0.1) is 0 Å². The molecule has 2 heterocycles. The Morgan fingerprint density at radius 1 is 0.492 bits per heavy atom. The van der Waals surface area contributed by atoms with Gasteiger partial charge in [-0.25, -0.2) is 0 Å². The van der Waals surface area contributed by atoms with Gasteiger partial charge in [0.25, 0.3) is 6.71 Å². The third-order valence-corrected chi connectivity index (χ3v) is 12.3. The lowest BCUT2D eigenvalue weighted by Crippen LogP contribution is -2.59. The predicted molar refractivity (Wildman–Crippen MR) is 251 cm³/mol. The number of aryl methyl sites for hydroxylation is 1. The van der Waals surface area contributed by atoms with Gasteiger partial charge in [-0.05, 0) is 121 Å². The molecule has 2 aliphatic rings. The highest BCUT2D eigenvalue weighted by Crippen LogP contribution is 2.49. The number of fused-ring (bicyclic) bond motifs is 4. The van der Waals surface area contributed by atoms with E-state index in [1.165, 1.54) is 89.1 Å². The van der Waals surface area contributed by atoms with Crippen LogP contribution in [0.15, 0.2) is 182 Å². The van der Waals surface area contributed by atoms with E-state index in [0.717, 1.165) is 30.8 Å². The van der Waals surface area contributed by atoms with Crippen molar-refractivity contribution in [2.24, 2.45) is 0 Å². The van der Waals surface area contributed by atoms with Gasteiger partial charge in [0, 0.05) is 16.9 Å². The molecule has 10 rings (SSSR count). The van der Waals surface area contributed by atoms with E-state index in [-0.39, 0.29) is 12.1 Å². The molecule has 0 spiro atoms. The van der Waals surface area contributed by atoms with Gasteiger partial charge < -0.3 is 9.64 Å². The zero-order valence-corrected chi connectivity index (χ0v) is 34.4. The number of hydrogen-bond acceptors (Lipinski definition) is 2. The number of unbranched alkanes of at least 4 members (excludes halogenated alkanes) is 1. The summed E-state index contributed by atoms with van der Waals surface area (Å²) in [7, 11) is 0. The van der Waals surface area contributed by atoms with E-state index in [9.17, 15) is 0 Å². The largest absolute Gasteiger partial charge is 0.458 e. The third kappa shape index (κ3) is 6.65. The first-order valence-electron chi connectivity index (χ1n) is 21.2. The molecule has 0 aromatic heterocycles. The van der Waals surface area contributed by atoms with Crippen molar-refractivity contribution in [3.05, 3.63) is 193 Å². The van der Waals surface area contributed by atoms with Crippen molar-refractivity contribution in [2.75, 3.05) is 4.90 Å². The maximum atomic E-state index is 7.13. The molecule has 286 valence electrons. The maximum absolute atomic E-state index is 7.13. The van der Waals surface area contributed by atoms with Crippen LogP contribution in [0.3, 0.4) is 0 Å². The van der Waals surface area contributed by atoms with Gasteiger partial charge in [0.1, 0.15) is 11.5 Å². The van der Waals surface area contributed by atoms with Gasteiger partial charge >= 0.3 is 0 Å². The van der Waals surface area contributed by atoms with Gasteiger partial charge in [0.2, 0.25) is 0 Å². The third-order valence-electron chi connectivity index (χ3n) is 12.3. The molecule has 0 radical (unpaired) electrons. The van der Waals surface area contributed by atoms with E-state index in [4.69, 9.17) is 4.74 Å². The molecule has 0 aliphatic carbocycles. The Bertz CT molecular complexity index is 2810. The van der Waals surface area contributed by atoms with Crippen molar-refractivity contribution in [1.82, 2.24) is 0 Å². The van der Waals surface area contributed by atoms with E-state index in [2.05, 4.69) is 215 Å². The lowest BCUT2D eigenvalue weighted by Gasteiger charge is -2.42. The molecule has 2 aliphatic heterocycles. The average molecular weight is 762 g/mol. The summed E-state index contributed by atoms with van der Waals surface area (Å²) in [5.74, 6) is 1.86. The van der Waals surface area contributed by atoms with Crippen LogP contribution in [-0.2, 0) is 11.8 Å². The highest BCUT2D eigenvalue weighted by Gasteiger charge is 2.44. The molecule has 0 amide bonds. The van der Waals surface area contributed by atoms with Crippen LogP contribution in [0.1, 0.15) is 51.7 Å². The normalized spacial score (nSPS) is 12.7. The fourth-order valence-electron chi connectivity index (χ4n) is 9.20. The molecule has 0 saturated carbocycles. The van der Waals surface area contributed by atoms with Crippen molar-refractivity contribution in [3.63, 3.8) is 0 Å². The topological polar surface area (TPSA) is 12.5 Å². The number of rotatable bonds is 8. The molecule has 0 N–H and O–H groups in total. The summed E-state index contributed by atoms with van der Waals surface area (Å²) >= 11 is 0. The molecule has 8 aromatic rings.